The molecule has 0 saturated carbocycles. The van der Waals surface area contributed by atoms with E-state index in [1.165, 1.54) is 289 Å². The average molecular weight is 1080 g/mol. The molecular formula is C71H134O6. The summed E-state index contributed by atoms with van der Waals surface area (Å²) in [6.07, 6.45) is 80.9. The molecule has 0 spiro atoms. The zero-order valence-corrected chi connectivity index (χ0v) is 52.3. The zero-order chi connectivity index (χ0) is 55.7. The fraction of sp³-hybridized carbons (Fsp3) is 0.901. The van der Waals surface area contributed by atoms with Crippen LogP contribution in [0.4, 0.5) is 0 Å². The maximum atomic E-state index is 12.9. The van der Waals surface area contributed by atoms with Crippen LogP contribution in [0.1, 0.15) is 393 Å². The summed E-state index contributed by atoms with van der Waals surface area (Å²) in [5, 5.41) is 0. The van der Waals surface area contributed by atoms with Crippen molar-refractivity contribution in [3.63, 3.8) is 0 Å². The Morgan fingerprint density at radius 2 is 0.468 bits per heavy atom. The number of carbonyl (C=O) groups is 3. The fourth-order valence-corrected chi connectivity index (χ4v) is 10.7. The van der Waals surface area contributed by atoms with Gasteiger partial charge >= 0.3 is 17.9 Å². The van der Waals surface area contributed by atoms with Crippen molar-refractivity contribution in [3.05, 3.63) is 24.3 Å². The van der Waals surface area contributed by atoms with E-state index in [0.29, 0.717) is 19.3 Å². The van der Waals surface area contributed by atoms with Crippen LogP contribution in [0.15, 0.2) is 24.3 Å². The summed E-state index contributed by atoms with van der Waals surface area (Å²) in [5.41, 5.74) is 0. The van der Waals surface area contributed by atoms with Crippen LogP contribution in [0.3, 0.4) is 0 Å². The molecule has 0 bridgehead atoms. The van der Waals surface area contributed by atoms with E-state index in [1.807, 2.05) is 0 Å². The molecule has 0 aromatic heterocycles. The van der Waals surface area contributed by atoms with Gasteiger partial charge in [0.1, 0.15) is 13.2 Å². The average Bonchev–Trinajstić information content (AvgIpc) is 3.43. The van der Waals surface area contributed by atoms with Crippen molar-refractivity contribution < 1.29 is 28.6 Å². The number of esters is 3. The van der Waals surface area contributed by atoms with E-state index >= 15 is 0 Å². The van der Waals surface area contributed by atoms with Crippen LogP contribution in [0.5, 0.6) is 0 Å². The van der Waals surface area contributed by atoms with Crippen molar-refractivity contribution in [2.45, 2.75) is 399 Å². The van der Waals surface area contributed by atoms with E-state index < -0.39 is 6.10 Å². The molecule has 0 radical (unpaired) electrons. The van der Waals surface area contributed by atoms with Crippen LogP contribution in [-0.2, 0) is 28.6 Å². The van der Waals surface area contributed by atoms with Gasteiger partial charge in [-0.25, -0.2) is 0 Å². The normalized spacial score (nSPS) is 12.1. The highest BCUT2D eigenvalue weighted by atomic mass is 16.6. The Balaban J connectivity index is 3.95. The maximum absolute atomic E-state index is 12.9. The SMILES string of the molecule is CCCCCCC/C=C\C/C=C\CCCCCCCCCCCCCCCCCCCCCCCCCC(=O)OCC(COC(=O)CCCCCCCCCCC)OC(=O)CCCCCCCCCCCCCCCCC. The van der Waals surface area contributed by atoms with E-state index in [2.05, 4.69) is 45.1 Å². The molecule has 0 N–H and O–H groups in total. The van der Waals surface area contributed by atoms with E-state index in [9.17, 15) is 14.4 Å². The highest BCUT2D eigenvalue weighted by Gasteiger charge is 2.19. The maximum Gasteiger partial charge on any atom is 0.306 e. The first-order chi connectivity index (χ1) is 38.0. The number of rotatable bonds is 65. The van der Waals surface area contributed by atoms with Gasteiger partial charge in [-0.3, -0.25) is 14.4 Å². The minimum absolute atomic E-state index is 0.0632. The number of unbranched alkanes of at least 4 members (excludes halogenated alkanes) is 50. The molecule has 454 valence electrons. The smallest absolute Gasteiger partial charge is 0.306 e. The molecule has 0 aliphatic rings. The summed E-state index contributed by atoms with van der Waals surface area (Å²) in [7, 11) is 0. The van der Waals surface area contributed by atoms with Gasteiger partial charge in [0.05, 0.1) is 0 Å². The van der Waals surface area contributed by atoms with Crippen molar-refractivity contribution in [1.29, 1.82) is 0 Å². The van der Waals surface area contributed by atoms with Crippen LogP contribution in [-0.4, -0.2) is 37.2 Å². The molecule has 0 amide bonds. The molecule has 0 heterocycles. The lowest BCUT2D eigenvalue weighted by Crippen LogP contribution is -2.30. The monoisotopic (exact) mass is 1080 g/mol. The van der Waals surface area contributed by atoms with Gasteiger partial charge < -0.3 is 14.2 Å². The van der Waals surface area contributed by atoms with Crippen molar-refractivity contribution in [2.75, 3.05) is 13.2 Å². The molecule has 0 saturated heterocycles. The Labute approximate surface area is 481 Å². The lowest BCUT2D eigenvalue weighted by molar-refractivity contribution is -0.167. The summed E-state index contributed by atoms with van der Waals surface area (Å²) in [6, 6.07) is 0. The number of hydrogen-bond acceptors (Lipinski definition) is 6. The molecule has 0 rings (SSSR count). The largest absolute Gasteiger partial charge is 0.462 e. The van der Waals surface area contributed by atoms with Crippen molar-refractivity contribution in [1.82, 2.24) is 0 Å². The van der Waals surface area contributed by atoms with E-state index in [-0.39, 0.29) is 31.1 Å². The molecule has 0 aromatic carbocycles. The number of carbonyl (C=O) groups excluding carboxylic acids is 3. The first-order valence-electron chi connectivity index (χ1n) is 34.8. The molecule has 1 atom stereocenters. The Bertz CT molecular complexity index is 1240. The lowest BCUT2D eigenvalue weighted by atomic mass is 10.0. The molecule has 0 aliphatic carbocycles. The Kier molecular flexibility index (Phi) is 64.6. The lowest BCUT2D eigenvalue weighted by Gasteiger charge is -2.18. The van der Waals surface area contributed by atoms with Crippen molar-refractivity contribution >= 4 is 17.9 Å². The van der Waals surface area contributed by atoms with Gasteiger partial charge in [-0.1, -0.05) is 347 Å². The second kappa shape index (κ2) is 66.4. The molecule has 1 unspecified atom stereocenters. The van der Waals surface area contributed by atoms with Gasteiger partial charge in [0.15, 0.2) is 6.10 Å². The van der Waals surface area contributed by atoms with Gasteiger partial charge in [0.25, 0.3) is 0 Å². The summed E-state index contributed by atoms with van der Waals surface area (Å²) < 4.78 is 16.9. The molecule has 0 aromatic rings. The molecule has 6 heteroatoms. The minimum atomic E-state index is -0.763. The summed E-state index contributed by atoms with van der Waals surface area (Å²) >= 11 is 0. The van der Waals surface area contributed by atoms with Gasteiger partial charge in [-0.2, -0.15) is 0 Å². The van der Waals surface area contributed by atoms with Gasteiger partial charge in [0.2, 0.25) is 0 Å². The molecule has 0 aliphatic heterocycles. The minimum Gasteiger partial charge on any atom is -0.462 e. The van der Waals surface area contributed by atoms with Crippen LogP contribution in [0, 0.1) is 0 Å². The van der Waals surface area contributed by atoms with E-state index in [1.54, 1.807) is 0 Å². The van der Waals surface area contributed by atoms with Crippen molar-refractivity contribution in [3.8, 4) is 0 Å². The van der Waals surface area contributed by atoms with Gasteiger partial charge in [-0.05, 0) is 51.4 Å². The third-order valence-corrected chi connectivity index (χ3v) is 16.0. The van der Waals surface area contributed by atoms with E-state index in [0.717, 1.165) is 64.2 Å². The Hall–Kier alpha value is -2.11. The van der Waals surface area contributed by atoms with Gasteiger partial charge in [0, 0.05) is 19.3 Å². The number of allylic oxidation sites excluding steroid dienone is 4. The summed E-state index contributed by atoms with van der Waals surface area (Å²) in [4.78, 5) is 38.2. The van der Waals surface area contributed by atoms with Crippen LogP contribution >= 0.6 is 0 Å². The zero-order valence-electron chi connectivity index (χ0n) is 52.3. The Morgan fingerprint density at radius 1 is 0.260 bits per heavy atom. The third-order valence-electron chi connectivity index (χ3n) is 16.0. The van der Waals surface area contributed by atoms with Crippen LogP contribution < -0.4 is 0 Å². The molecule has 0 fully saturated rings. The molecular weight excluding hydrogens is 949 g/mol. The second-order valence-electron chi connectivity index (χ2n) is 23.8. The molecule has 77 heavy (non-hydrogen) atoms. The second-order valence-corrected chi connectivity index (χ2v) is 23.8. The fourth-order valence-electron chi connectivity index (χ4n) is 10.7. The summed E-state index contributed by atoms with van der Waals surface area (Å²) in [6.45, 7) is 6.68. The van der Waals surface area contributed by atoms with E-state index in [4.69, 9.17) is 14.2 Å². The number of hydrogen-bond donors (Lipinski definition) is 0. The summed E-state index contributed by atoms with van der Waals surface area (Å²) in [5.74, 6) is -0.837. The first kappa shape index (κ1) is 74.9. The highest BCUT2D eigenvalue weighted by molar-refractivity contribution is 5.71. The van der Waals surface area contributed by atoms with Gasteiger partial charge in [-0.15, -0.1) is 0 Å². The topological polar surface area (TPSA) is 78.9 Å². The quantitative estimate of drug-likeness (QED) is 0.0261. The third kappa shape index (κ3) is 64.6. The number of ether oxygens (including phenoxy) is 3. The first-order valence-corrected chi connectivity index (χ1v) is 34.8. The predicted molar refractivity (Wildman–Crippen MR) is 335 cm³/mol. The standard InChI is InChI=1S/C71H134O6/c1-4-7-10-13-16-19-21-23-25-26-27-28-29-30-31-32-33-34-35-36-37-38-39-40-41-42-43-44-46-47-49-52-55-58-61-64-70(73)76-67-68(66-75-69(72)63-60-57-54-51-18-15-12-9-6-3)77-71(74)65-62-59-56-53-50-48-45-24-22-20-17-14-11-8-5-2/h21,23,26-27,68H,4-20,22,24-25,28-67H2,1-3H3/b23-21-,27-26-. The Morgan fingerprint density at radius 3 is 0.714 bits per heavy atom. The predicted octanol–water partition coefficient (Wildman–Crippen LogP) is 23.8. The van der Waals surface area contributed by atoms with Crippen LogP contribution in [0.25, 0.3) is 0 Å². The van der Waals surface area contributed by atoms with Crippen molar-refractivity contribution in [2.24, 2.45) is 0 Å². The van der Waals surface area contributed by atoms with Crippen LogP contribution in [0.2, 0.25) is 0 Å². The highest BCUT2D eigenvalue weighted by Crippen LogP contribution is 2.19. The molecule has 6 nitrogen and oxygen atoms in total.